The van der Waals surface area contributed by atoms with Crippen molar-refractivity contribution in [1.82, 2.24) is 5.01 Å². The van der Waals surface area contributed by atoms with E-state index in [1.165, 1.54) is 5.01 Å². The van der Waals surface area contributed by atoms with Crippen LogP contribution in [0.15, 0.2) is 30.3 Å². The van der Waals surface area contributed by atoms with E-state index in [4.69, 9.17) is 11.7 Å². The summed E-state index contributed by atoms with van der Waals surface area (Å²) in [6.07, 6.45) is 4.18. The Labute approximate surface area is 101 Å². The summed E-state index contributed by atoms with van der Waals surface area (Å²) in [4.78, 5) is 12.0. The van der Waals surface area contributed by atoms with Crippen LogP contribution in [-0.4, -0.2) is 17.1 Å². The molecule has 0 unspecified atom stereocenters. The van der Waals surface area contributed by atoms with E-state index in [0.29, 0.717) is 5.69 Å². The minimum Gasteiger partial charge on any atom is -0.258 e. The Kier molecular flexibility index (Phi) is 3.61. The number of hydrazine groups is 2. The third-order valence-corrected chi connectivity index (χ3v) is 3.18. The average Bonchev–Trinajstić information content (AvgIpc) is 2.91. The second-order valence-corrected chi connectivity index (χ2v) is 4.33. The van der Waals surface area contributed by atoms with Crippen molar-refractivity contribution in [3.05, 3.63) is 30.3 Å². The van der Waals surface area contributed by atoms with Crippen LogP contribution in [0.2, 0.25) is 0 Å². The van der Waals surface area contributed by atoms with Gasteiger partial charge < -0.3 is 0 Å². The molecule has 1 aliphatic rings. The number of hydrogen-bond acceptors (Lipinski definition) is 3. The number of urea groups is 1. The maximum atomic E-state index is 12.0. The number of hydrogen-bond donors (Lipinski definition) is 2. The number of rotatable bonds is 2. The molecule has 1 aromatic rings. The topological polar surface area (TPSA) is 75.6 Å². The van der Waals surface area contributed by atoms with Crippen molar-refractivity contribution in [3.8, 4) is 0 Å². The number of para-hydroxylation sites is 1. The van der Waals surface area contributed by atoms with E-state index in [0.717, 1.165) is 30.7 Å². The van der Waals surface area contributed by atoms with Gasteiger partial charge in [0.2, 0.25) is 0 Å². The molecule has 2 amide bonds. The Hall–Kier alpha value is -1.59. The second kappa shape index (κ2) is 5.16. The molecule has 0 aliphatic heterocycles. The molecule has 1 saturated carbocycles. The highest BCUT2D eigenvalue weighted by atomic mass is 16.2. The summed E-state index contributed by atoms with van der Waals surface area (Å²) in [5, 5.41) is 2.36. The van der Waals surface area contributed by atoms with Crippen molar-refractivity contribution < 1.29 is 4.79 Å². The lowest BCUT2D eigenvalue weighted by Gasteiger charge is -2.28. The molecule has 1 aliphatic carbocycles. The van der Waals surface area contributed by atoms with Crippen LogP contribution < -0.4 is 16.7 Å². The van der Waals surface area contributed by atoms with Gasteiger partial charge >= 0.3 is 6.03 Å². The molecular formula is C12H18N4O. The zero-order chi connectivity index (χ0) is 12.3. The first-order valence-electron chi connectivity index (χ1n) is 5.88. The number of nitrogens with zero attached hydrogens (tertiary/aromatic N) is 2. The molecule has 0 bridgehead atoms. The Bertz CT molecular complexity index is 375. The van der Waals surface area contributed by atoms with Gasteiger partial charge in [0.15, 0.2) is 0 Å². The van der Waals surface area contributed by atoms with Crippen molar-refractivity contribution >= 4 is 11.7 Å². The molecule has 4 N–H and O–H groups in total. The quantitative estimate of drug-likeness (QED) is 0.463. The Morgan fingerprint density at radius 3 is 2.29 bits per heavy atom. The predicted octanol–water partition coefficient (Wildman–Crippen LogP) is 1.60. The number of nitrogens with two attached hydrogens (primary N) is 2. The highest BCUT2D eigenvalue weighted by Gasteiger charge is 2.27. The number of carbonyl (C=O) groups excluding carboxylic acids is 1. The third kappa shape index (κ3) is 2.57. The van der Waals surface area contributed by atoms with E-state index in [2.05, 4.69) is 0 Å². The van der Waals surface area contributed by atoms with Gasteiger partial charge in [-0.3, -0.25) is 5.01 Å². The van der Waals surface area contributed by atoms with Crippen molar-refractivity contribution in [2.75, 3.05) is 5.01 Å². The average molecular weight is 234 g/mol. The first-order valence-corrected chi connectivity index (χ1v) is 5.88. The maximum Gasteiger partial charge on any atom is 0.353 e. The molecule has 1 fully saturated rings. The lowest BCUT2D eigenvalue weighted by molar-refractivity contribution is 0.183. The zero-order valence-corrected chi connectivity index (χ0v) is 9.75. The van der Waals surface area contributed by atoms with E-state index in [9.17, 15) is 4.79 Å². The smallest absolute Gasteiger partial charge is 0.258 e. The Morgan fingerprint density at radius 2 is 1.71 bits per heavy atom. The maximum absolute atomic E-state index is 12.0. The van der Waals surface area contributed by atoms with Crippen molar-refractivity contribution in [3.63, 3.8) is 0 Å². The molecule has 2 rings (SSSR count). The molecule has 5 heteroatoms. The summed E-state index contributed by atoms with van der Waals surface area (Å²) in [7, 11) is 0. The van der Waals surface area contributed by atoms with Crippen molar-refractivity contribution in [2.24, 2.45) is 11.7 Å². The van der Waals surface area contributed by atoms with Gasteiger partial charge in [-0.1, -0.05) is 31.0 Å². The van der Waals surface area contributed by atoms with Gasteiger partial charge in [-0.15, -0.1) is 0 Å². The number of benzene rings is 1. The molecule has 17 heavy (non-hydrogen) atoms. The molecule has 0 radical (unpaired) electrons. The molecule has 0 aromatic heterocycles. The highest BCUT2D eigenvalue weighted by molar-refractivity contribution is 5.90. The van der Waals surface area contributed by atoms with Gasteiger partial charge in [0, 0.05) is 6.04 Å². The Balaban J connectivity index is 2.04. The molecule has 0 heterocycles. The predicted molar refractivity (Wildman–Crippen MR) is 66.8 cm³/mol. The third-order valence-electron chi connectivity index (χ3n) is 3.18. The number of anilines is 1. The lowest BCUT2D eigenvalue weighted by atomic mass is 10.2. The van der Waals surface area contributed by atoms with Crippen LogP contribution in [0.4, 0.5) is 10.5 Å². The van der Waals surface area contributed by atoms with E-state index >= 15 is 0 Å². The molecule has 92 valence electrons. The SMILES string of the molecule is NN(C(=O)N(N)C1CCCC1)c1ccccc1. The summed E-state index contributed by atoms with van der Waals surface area (Å²) in [6, 6.07) is 8.86. The lowest BCUT2D eigenvalue weighted by Crippen LogP contribution is -2.54. The largest absolute Gasteiger partial charge is 0.353 e. The molecular weight excluding hydrogens is 216 g/mol. The zero-order valence-electron chi connectivity index (χ0n) is 9.75. The summed E-state index contributed by atoms with van der Waals surface area (Å²) < 4.78 is 0. The first kappa shape index (κ1) is 11.9. The summed E-state index contributed by atoms with van der Waals surface area (Å²) in [5.74, 6) is 11.6. The van der Waals surface area contributed by atoms with E-state index < -0.39 is 0 Å². The Morgan fingerprint density at radius 1 is 1.12 bits per heavy atom. The normalized spacial score (nSPS) is 15.9. The van der Waals surface area contributed by atoms with Crippen molar-refractivity contribution in [1.29, 1.82) is 0 Å². The molecule has 1 aromatic carbocycles. The van der Waals surface area contributed by atoms with Crippen LogP contribution in [0.3, 0.4) is 0 Å². The van der Waals surface area contributed by atoms with E-state index in [1.54, 1.807) is 12.1 Å². The summed E-state index contributed by atoms with van der Waals surface area (Å²) >= 11 is 0. The van der Waals surface area contributed by atoms with Crippen LogP contribution >= 0.6 is 0 Å². The number of amides is 2. The summed E-state index contributed by atoms with van der Waals surface area (Å²) in [5.41, 5.74) is 0.644. The van der Waals surface area contributed by atoms with Gasteiger partial charge in [-0.25, -0.2) is 21.5 Å². The molecule has 0 saturated heterocycles. The minimum atomic E-state index is -0.358. The molecule has 0 spiro atoms. The van der Waals surface area contributed by atoms with Gasteiger partial charge in [0.05, 0.1) is 5.69 Å². The fraction of sp³-hybridized carbons (Fsp3) is 0.417. The summed E-state index contributed by atoms with van der Waals surface area (Å²) in [6.45, 7) is 0. The van der Waals surface area contributed by atoms with Crippen LogP contribution in [0, 0.1) is 0 Å². The van der Waals surface area contributed by atoms with Crippen LogP contribution in [-0.2, 0) is 0 Å². The first-order chi connectivity index (χ1) is 8.20. The van der Waals surface area contributed by atoms with Gasteiger partial charge in [0.25, 0.3) is 0 Å². The highest BCUT2D eigenvalue weighted by Crippen LogP contribution is 2.22. The number of carbonyl (C=O) groups is 1. The monoisotopic (exact) mass is 234 g/mol. The van der Waals surface area contributed by atoms with Crippen LogP contribution in [0.5, 0.6) is 0 Å². The van der Waals surface area contributed by atoms with Gasteiger partial charge in [-0.2, -0.15) is 0 Å². The molecule has 0 atom stereocenters. The standard InChI is InChI=1S/C12H18N4O/c13-15(10-6-2-1-3-7-10)12(17)16(14)11-8-4-5-9-11/h1-3,6-7,11H,4-5,8-9,13-14H2. The second-order valence-electron chi connectivity index (χ2n) is 4.33. The molecule has 5 nitrogen and oxygen atoms in total. The van der Waals surface area contributed by atoms with Crippen LogP contribution in [0.25, 0.3) is 0 Å². The van der Waals surface area contributed by atoms with Gasteiger partial charge in [-0.05, 0) is 25.0 Å². The van der Waals surface area contributed by atoms with E-state index in [1.807, 2.05) is 18.2 Å². The fourth-order valence-electron chi connectivity index (χ4n) is 2.16. The van der Waals surface area contributed by atoms with Gasteiger partial charge in [0.1, 0.15) is 0 Å². The minimum absolute atomic E-state index is 0.122. The van der Waals surface area contributed by atoms with Crippen LogP contribution in [0.1, 0.15) is 25.7 Å². The van der Waals surface area contributed by atoms with Crippen molar-refractivity contribution in [2.45, 2.75) is 31.7 Å². The fourth-order valence-corrected chi connectivity index (χ4v) is 2.16. The van der Waals surface area contributed by atoms with E-state index in [-0.39, 0.29) is 12.1 Å².